The maximum absolute atomic E-state index is 11.5. The Kier molecular flexibility index (Phi) is 4.07. The summed E-state index contributed by atoms with van der Waals surface area (Å²) in [5.41, 5.74) is 7.74. The minimum absolute atomic E-state index is 0.0608. The number of nitrogens with two attached hydrogens (primary N) is 1. The van der Waals surface area contributed by atoms with Crippen LogP contribution in [-0.2, 0) is 0 Å². The number of carbonyl (C=O) groups excluding carboxylic acids is 1. The van der Waals surface area contributed by atoms with Gasteiger partial charge in [0.25, 0.3) is 5.91 Å². The Morgan fingerprint density at radius 3 is 2.39 bits per heavy atom. The van der Waals surface area contributed by atoms with Crippen LogP contribution < -0.4 is 5.73 Å². The molecule has 1 heterocycles. The Labute approximate surface area is 142 Å². The van der Waals surface area contributed by atoms with Crippen molar-refractivity contribution in [1.29, 1.82) is 0 Å². The number of primary amides is 1. The smallest absolute Gasteiger partial charge is 0.288 e. The Bertz CT molecular complexity index is 888. The number of benzene rings is 2. The summed E-state index contributed by atoms with van der Waals surface area (Å²) in [6.45, 7) is 1.92. The summed E-state index contributed by atoms with van der Waals surface area (Å²) < 4.78 is 1.56. The fraction of sp³-hybridized carbons (Fsp3) is 0.0625. The first-order valence-electron chi connectivity index (χ1n) is 6.75. The van der Waals surface area contributed by atoms with Crippen molar-refractivity contribution in [2.75, 3.05) is 0 Å². The molecule has 0 radical (unpaired) electrons. The van der Waals surface area contributed by atoms with Gasteiger partial charge in [0.05, 0.1) is 5.69 Å². The van der Waals surface area contributed by atoms with Crippen LogP contribution in [0, 0.1) is 6.92 Å². The number of aryl methyl sites for hydroxylation is 1. The van der Waals surface area contributed by atoms with Gasteiger partial charge in [-0.1, -0.05) is 29.3 Å². The molecule has 1 aromatic heterocycles. The molecule has 1 amide bonds. The summed E-state index contributed by atoms with van der Waals surface area (Å²) in [6.07, 6.45) is 0. The molecule has 7 heteroatoms. The molecule has 0 saturated carbocycles. The number of nitrogens with zero attached hydrogens (tertiary/aromatic N) is 3. The molecule has 0 unspecified atom stereocenters. The van der Waals surface area contributed by atoms with Gasteiger partial charge in [-0.05, 0) is 48.9 Å². The summed E-state index contributed by atoms with van der Waals surface area (Å²) in [5, 5.41) is 5.38. The number of hydrogen-bond donors (Lipinski definition) is 1. The summed E-state index contributed by atoms with van der Waals surface area (Å²) in [6, 6.07) is 12.5. The zero-order valence-corrected chi connectivity index (χ0v) is 13.6. The van der Waals surface area contributed by atoms with Gasteiger partial charge in [0.2, 0.25) is 5.82 Å². The van der Waals surface area contributed by atoms with Crippen molar-refractivity contribution in [3.63, 3.8) is 0 Å². The predicted octanol–water partition coefficient (Wildman–Crippen LogP) is 3.65. The lowest BCUT2D eigenvalue weighted by molar-refractivity contribution is 0.0990. The molecule has 23 heavy (non-hydrogen) atoms. The molecule has 0 spiro atoms. The molecular formula is C16H12Cl2N4O. The van der Waals surface area contributed by atoms with Gasteiger partial charge in [-0.3, -0.25) is 4.79 Å². The number of halogens is 2. The standard InChI is InChI=1S/C16H12Cl2N4O/c1-9-2-5-12(18)8-13(9)22-16(20-15(21-22)14(19)23)10-3-6-11(17)7-4-10/h2-8H,1H3,(H2,19,23). The molecule has 2 aromatic carbocycles. The molecule has 0 aliphatic rings. The van der Waals surface area contributed by atoms with Crippen molar-refractivity contribution >= 4 is 29.1 Å². The lowest BCUT2D eigenvalue weighted by Crippen LogP contribution is -2.13. The van der Waals surface area contributed by atoms with Crippen LogP contribution in [0.5, 0.6) is 0 Å². The molecule has 0 saturated heterocycles. The van der Waals surface area contributed by atoms with E-state index in [-0.39, 0.29) is 5.82 Å². The molecule has 0 fully saturated rings. The van der Waals surface area contributed by atoms with E-state index >= 15 is 0 Å². The van der Waals surface area contributed by atoms with E-state index in [0.29, 0.717) is 15.9 Å². The number of aromatic nitrogens is 3. The van der Waals surface area contributed by atoms with Gasteiger partial charge in [0.15, 0.2) is 5.82 Å². The summed E-state index contributed by atoms with van der Waals surface area (Å²) in [4.78, 5) is 15.7. The molecule has 3 aromatic rings. The van der Waals surface area contributed by atoms with Crippen LogP contribution in [0.2, 0.25) is 10.0 Å². The van der Waals surface area contributed by atoms with Crippen molar-refractivity contribution in [2.24, 2.45) is 5.73 Å². The molecule has 5 nitrogen and oxygen atoms in total. The number of amides is 1. The maximum Gasteiger partial charge on any atom is 0.288 e. The number of rotatable bonds is 3. The van der Waals surface area contributed by atoms with Crippen LogP contribution in [0.1, 0.15) is 16.2 Å². The molecule has 0 bridgehead atoms. The highest BCUT2D eigenvalue weighted by atomic mass is 35.5. The summed E-state index contributed by atoms with van der Waals surface area (Å²) >= 11 is 12.0. The fourth-order valence-electron chi connectivity index (χ4n) is 2.18. The first-order chi connectivity index (χ1) is 11.0. The molecule has 0 aliphatic carbocycles. The summed E-state index contributed by atoms with van der Waals surface area (Å²) in [5.74, 6) is -0.270. The first-order valence-corrected chi connectivity index (χ1v) is 7.50. The average molecular weight is 347 g/mol. The first kappa shape index (κ1) is 15.5. The maximum atomic E-state index is 11.5. The van der Waals surface area contributed by atoms with Gasteiger partial charge in [-0.2, -0.15) is 0 Å². The van der Waals surface area contributed by atoms with E-state index in [1.54, 1.807) is 41.1 Å². The van der Waals surface area contributed by atoms with Gasteiger partial charge in [0, 0.05) is 15.6 Å². The molecular weight excluding hydrogens is 335 g/mol. The van der Waals surface area contributed by atoms with E-state index in [1.807, 2.05) is 13.0 Å². The Balaban J connectivity index is 2.25. The van der Waals surface area contributed by atoms with Gasteiger partial charge in [-0.25, -0.2) is 9.67 Å². The zero-order chi connectivity index (χ0) is 16.6. The van der Waals surface area contributed by atoms with Crippen molar-refractivity contribution in [3.8, 4) is 17.1 Å². The quantitative estimate of drug-likeness (QED) is 0.786. The monoisotopic (exact) mass is 346 g/mol. The van der Waals surface area contributed by atoms with Crippen LogP contribution in [0.3, 0.4) is 0 Å². The van der Waals surface area contributed by atoms with Crippen LogP contribution in [-0.4, -0.2) is 20.7 Å². The van der Waals surface area contributed by atoms with E-state index in [4.69, 9.17) is 28.9 Å². The second-order valence-corrected chi connectivity index (χ2v) is 5.85. The Hall–Kier alpha value is -2.37. The Morgan fingerprint density at radius 1 is 1.09 bits per heavy atom. The fourth-order valence-corrected chi connectivity index (χ4v) is 2.47. The highest BCUT2D eigenvalue weighted by Gasteiger charge is 2.18. The highest BCUT2D eigenvalue weighted by molar-refractivity contribution is 6.31. The van der Waals surface area contributed by atoms with Crippen LogP contribution in [0.15, 0.2) is 42.5 Å². The topological polar surface area (TPSA) is 73.8 Å². The second kappa shape index (κ2) is 6.02. The van der Waals surface area contributed by atoms with Gasteiger partial charge >= 0.3 is 0 Å². The largest absolute Gasteiger partial charge is 0.363 e. The van der Waals surface area contributed by atoms with Crippen LogP contribution in [0.25, 0.3) is 17.1 Å². The third-order valence-corrected chi connectivity index (χ3v) is 3.82. The van der Waals surface area contributed by atoms with E-state index in [0.717, 1.165) is 16.8 Å². The lowest BCUT2D eigenvalue weighted by atomic mass is 10.2. The normalized spacial score (nSPS) is 10.7. The van der Waals surface area contributed by atoms with Gasteiger partial charge in [-0.15, -0.1) is 5.10 Å². The molecule has 2 N–H and O–H groups in total. The van der Waals surface area contributed by atoms with E-state index in [1.165, 1.54) is 0 Å². The minimum Gasteiger partial charge on any atom is -0.363 e. The average Bonchev–Trinajstić information content (AvgIpc) is 2.96. The predicted molar refractivity (Wildman–Crippen MR) is 90.1 cm³/mol. The third kappa shape index (κ3) is 3.06. The minimum atomic E-state index is -0.696. The van der Waals surface area contributed by atoms with Crippen molar-refractivity contribution in [1.82, 2.24) is 14.8 Å². The molecule has 0 aliphatic heterocycles. The van der Waals surface area contributed by atoms with E-state index in [9.17, 15) is 4.79 Å². The highest BCUT2D eigenvalue weighted by Crippen LogP contribution is 2.26. The van der Waals surface area contributed by atoms with Crippen LogP contribution in [0.4, 0.5) is 0 Å². The SMILES string of the molecule is Cc1ccc(Cl)cc1-n1nc(C(N)=O)nc1-c1ccc(Cl)cc1. The van der Waals surface area contributed by atoms with E-state index in [2.05, 4.69) is 10.1 Å². The van der Waals surface area contributed by atoms with Crippen molar-refractivity contribution in [3.05, 3.63) is 63.9 Å². The second-order valence-electron chi connectivity index (χ2n) is 4.97. The molecule has 116 valence electrons. The number of carbonyl (C=O) groups is 1. The molecule has 0 atom stereocenters. The zero-order valence-electron chi connectivity index (χ0n) is 12.1. The van der Waals surface area contributed by atoms with Crippen LogP contribution >= 0.6 is 23.2 Å². The molecule has 3 rings (SSSR count). The number of hydrogen-bond acceptors (Lipinski definition) is 3. The van der Waals surface area contributed by atoms with Gasteiger partial charge in [0.1, 0.15) is 0 Å². The van der Waals surface area contributed by atoms with Gasteiger partial charge < -0.3 is 5.73 Å². The Morgan fingerprint density at radius 2 is 1.74 bits per heavy atom. The van der Waals surface area contributed by atoms with E-state index < -0.39 is 5.91 Å². The lowest BCUT2D eigenvalue weighted by Gasteiger charge is -2.09. The van der Waals surface area contributed by atoms with Crippen molar-refractivity contribution in [2.45, 2.75) is 6.92 Å². The third-order valence-electron chi connectivity index (χ3n) is 3.33. The summed E-state index contributed by atoms with van der Waals surface area (Å²) in [7, 11) is 0. The van der Waals surface area contributed by atoms with Crippen molar-refractivity contribution < 1.29 is 4.79 Å².